The zero-order chi connectivity index (χ0) is 22.2. The molecule has 0 aliphatic rings. The van der Waals surface area contributed by atoms with Crippen molar-refractivity contribution in [2.75, 3.05) is 10.6 Å². The first-order valence-electron chi connectivity index (χ1n) is 9.76. The zero-order valence-electron chi connectivity index (χ0n) is 17.6. The number of carbonyl (C=O) groups is 1. The molecule has 158 valence electrons. The Morgan fingerprint density at radius 3 is 2.23 bits per heavy atom. The zero-order valence-corrected chi connectivity index (χ0v) is 18.5. The lowest BCUT2D eigenvalue weighted by Gasteiger charge is -2.14. The number of aryl methyl sites for hydroxylation is 2. The fourth-order valence-electron chi connectivity index (χ4n) is 2.81. The lowest BCUT2D eigenvalue weighted by atomic mass is 10.1. The van der Waals surface area contributed by atoms with Gasteiger partial charge in [0.05, 0.1) is 6.54 Å². The van der Waals surface area contributed by atoms with Crippen LogP contribution in [0.15, 0.2) is 65.7 Å². The molecule has 0 radical (unpaired) electrons. The minimum Gasteiger partial charge on any atom is -0.332 e. The average Bonchev–Trinajstić information content (AvgIpc) is 2.72. The standard InChI is InChI=1S/C23H24N6OS/c1-15-13-16(2)26-22(25-15)28-21(24-14-18-7-5-4-6-8-18)29-23(31)27-20-11-9-19(10-12-20)17(3)30/h4-13H,14H2,1-3H3,(H3,24,25,26,27,28,29,31). The molecular weight excluding hydrogens is 408 g/mol. The molecule has 3 rings (SSSR count). The van der Waals surface area contributed by atoms with Crippen molar-refractivity contribution in [3.63, 3.8) is 0 Å². The van der Waals surface area contributed by atoms with Crippen molar-refractivity contribution in [3.05, 3.63) is 83.2 Å². The van der Waals surface area contributed by atoms with Gasteiger partial charge in [0.25, 0.3) is 0 Å². The summed E-state index contributed by atoms with van der Waals surface area (Å²) in [5.74, 6) is 0.873. The number of benzene rings is 2. The van der Waals surface area contributed by atoms with Gasteiger partial charge in [-0.25, -0.2) is 15.0 Å². The lowest BCUT2D eigenvalue weighted by Crippen LogP contribution is -2.39. The number of carbonyl (C=O) groups excluding carboxylic acids is 1. The van der Waals surface area contributed by atoms with Gasteiger partial charge in [-0.2, -0.15) is 0 Å². The highest BCUT2D eigenvalue weighted by Gasteiger charge is 2.08. The van der Waals surface area contributed by atoms with Gasteiger partial charge in [-0.1, -0.05) is 30.3 Å². The van der Waals surface area contributed by atoms with Crippen molar-refractivity contribution in [2.24, 2.45) is 4.99 Å². The van der Waals surface area contributed by atoms with Crippen molar-refractivity contribution < 1.29 is 4.79 Å². The molecule has 0 spiro atoms. The van der Waals surface area contributed by atoms with E-state index in [2.05, 4.69) is 30.9 Å². The van der Waals surface area contributed by atoms with Gasteiger partial charge in [-0.3, -0.25) is 10.1 Å². The molecule has 1 aromatic heterocycles. The second-order valence-electron chi connectivity index (χ2n) is 6.96. The molecule has 0 bridgehead atoms. The van der Waals surface area contributed by atoms with E-state index in [1.54, 1.807) is 24.3 Å². The van der Waals surface area contributed by atoms with E-state index >= 15 is 0 Å². The lowest BCUT2D eigenvalue weighted by molar-refractivity contribution is 0.101. The number of nitrogens with one attached hydrogen (secondary N) is 3. The third-order valence-electron chi connectivity index (χ3n) is 4.26. The number of nitrogens with zero attached hydrogens (tertiary/aromatic N) is 3. The summed E-state index contributed by atoms with van der Waals surface area (Å²) in [5, 5.41) is 9.63. The fraction of sp³-hybridized carbons (Fsp3) is 0.174. The maximum Gasteiger partial charge on any atom is 0.229 e. The number of thiocarbonyl (C=S) groups is 1. The molecule has 7 nitrogen and oxygen atoms in total. The highest BCUT2D eigenvalue weighted by Crippen LogP contribution is 2.10. The van der Waals surface area contributed by atoms with E-state index in [4.69, 9.17) is 12.2 Å². The first kappa shape index (κ1) is 22.0. The van der Waals surface area contributed by atoms with Gasteiger partial charge < -0.3 is 10.6 Å². The normalized spacial score (nSPS) is 11.0. The molecule has 3 aromatic rings. The van der Waals surface area contributed by atoms with Crippen molar-refractivity contribution >= 4 is 40.7 Å². The van der Waals surface area contributed by atoms with Gasteiger partial charge in [-0.05, 0) is 68.9 Å². The molecular formula is C23H24N6OS. The molecule has 2 aromatic carbocycles. The van der Waals surface area contributed by atoms with Crippen molar-refractivity contribution in [3.8, 4) is 0 Å². The maximum atomic E-state index is 11.4. The number of anilines is 2. The molecule has 8 heteroatoms. The number of aromatic nitrogens is 2. The predicted molar refractivity (Wildman–Crippen MR) is 129 cm³/mol. The smallest absolute Gasteiger partial charge is 0.229 e. The topological polar surface area (TPSA) is 91.3 Å². The highest BCUT2D eigenvalue weighted by atomic mass is 32.1. The number of hydrogen-bond acceptors (Lipinski definition) is 5. The van der Waals surface area contributed by atoms with E-state index in [-0.39, 0.29) is 5.78 Å². The van der Waals surface area contributed by atoms with E-state index in [1.807, 2.05) is 50.2 Å². The fourth-order valence-corrected chi connectivity index (χ4v) is 3.02. The Kier molecular flexibility index (Phi) is 7.40. The van der Waals surface area contributed by atoms with Crippen molar-refractivity contribution in [2.45, 2.75) is 27.3 Å². The Labute approximate surface area is 187 Å². The summed E-state index contributed by atoms with van der Waals surface area (Å²) < 4.78 is 0. The molecule has 0 aliphatic carbocycles. The number of ketones is 1. The molecule has 0 saturated carbocycles. The van der Waals surface area contributed by atoms with Crippen LogP contribution >= 0.6 is 12.2 Å². The first-order valence-corrected chi connectivity index (χ1v) is 10.2. The first-order chi connectivity index (χ1) is 14.9. The van der Waals surface area contributed by atoms with Crippen LogP contribution in [0.5, 0.6) is 0 Å². The summed E-state index contributed by atoms with van der Waals surface area (Å²) >= 11 is 5.44. The van der Waals surface area contributed by atoms with Gasteiger partial charge in [0.2, 0.25) is 11.9 Å². The molecule has 1 heterocycles. The molecule has 31 heavy (non-hydrogen) atoms. The van der Waals surface area contributed by atoms with Crippen LogP contribution in [0, 0.1) is 13.8 Å². The van der Waals surface area contributed by atoms with Crippen LogP contribution in [0.1, 0.15) is 34.2 Å². The van der Waals surface area contributed by atoms with Gasteiger partial charge in [-0.15, -0.1) is 0 Å². The largest absolute Gasteiger partial charge is 0.332 e. The Hall–Kier alpha value is -3.65. The van der Waals surface area contributed by atoms with Gasteiger partial charge in [0.1, 0.15) is 0 Å². The Balaban J connectivity index is 1.74. The number of Topliss-reactive ketones (excluding diaryl/α,β-unsaturated/α-hetero) is 1. The highest BCUT2D eigenvalue weighted by molar-refractivity contribution is 7.80. The summed E-state index contributed by atoms with van der Waals surface area (Å²) in [7, 11) is 0. The van der Waals surface area contributed by atoms with Crippen LogP contribution < -0.4 is 16.0 Å². The molecule has 0 aliphatic heterocycles. The maximum absolute atomic E-state index is 11.4. The van der Waals surface area contributed by atoms with Crippen LogP contribution in [-0.4, -0.2) is 26.8 Å². The SMILES string of the molecule is CC(=O)c1ccc(NC(=S)NC(=NCc2ccccc2)Nc2nc(C)cc(C)n2)cc1. The number of aliphatic imine (C=N–C) groups is 1. The predicted octanol–water partition coefficient (Wildman–Crippen LogP) is 4.25. The molecule has 0 unspecified atom stereocenters. The van der Waals surface area contributed by atoms with Crippen molar-refractivity contribution in [1.29, 1.82) is 0 Å². The number of guanidine groups is 1. The third kappa shape index (κ3) is 6.97. The quantitative estimate of drug-likeness (QED) is 0.240. The third-order valence-corrected chi connectivity index (χ3v) is 4.46. The van der Waals surface area contributed by atoms with E-state index in [0.29, 0.717) is 29.1 Å². The molecule has 3 N–H and O–H groups in total. The minimum absolute atomic E-state index is 0.0141. The summed E-state index contributed by atoms with van der Waals surface area (Å²) in [4.78, 5) is 24.9. The molecule has 0 saturated heterocycles. The monoisotopic (exact) mass is 432 g/mol. The Morgan fingerprint density at radius 2 is 1.61 bits per heavy atom. The van der Waals surface area contributed by atoms with Crippen molar-refractivity contribution in [1.82, 2.24) is 15.3 Å². The van der Waals surface area contributed by atoms with Gasteiger partial charge in [0.15, 0.2) is 10.9 Å². The summed E-state index contributed by atoms with van der Waals surface area (Å²) in [6.45, 7) is 5.80. The van der Waals surface area contributed by atoms with E-state index < -0.39 is 0 Å². The van der Waals surface area contributed by atoms with Crippen LogP contribution in [0.25, 0.3) is 0 Å². The Bertz CT molecular complexity index is 1080. The molecule has 0 amide bonds. The molecule has 0 fully saturated rings. The minimum atomic E-state index is 0.0141. The van der Waals surface area contributed by atoms with Crippen LogP contribution in [-0.2, 0) is 6.54 Å². The average molecular weight is 433 g/mol. The van der Waals surface area contributed by atoms with Crippen LogP contribution in [0.4, 0.5) is 11.6 Å². The summed E-state index contributed by atoms with van der Waals surface area (Å²) in [6.07, 6.45) is 0. The molecule has 0 atom stereocenters. The summed E-state index contributed by atoms with van der Waals surface area (Å²) in [5.41, 5.74) is 4.16. The van der Waals surface area contributed by atoms with Crippen LogP contribution in [0.3, 0.4) is 0 Å². The van der Waals surface area contributed by atoms with Gasteiger partial charge in [0, 0.05) is 22.6 Å². The summed E-state index contributed by atoms with van der Waals surface area (Å²) in [6, 6.07) is 18.9. The van der Waals surface area contributed by atoms with E-state index in [0.717, 1.165) is 22.6 Å². The van der Waals surface area contributed by atoms with Crippen LogP contribution in [0.2, 0.25) is 0 Å². The van der Waals surface area contributed by atoms with E-state index in [9.17, 15) is 4.79 Å². The Morgan fingerprint density at radius 1 is 0.968 bits per heavy atom. The second-order valence-corrected chi connectivity index (χ2v) is 7.37. The van der Waals surface area contributed by atoms with E-state index in [1.165, 1.54) is 6.92 Å². The number of rotatable bonds is 5. The second kappa shape index (κ2) is 10.4. The van der Waals surface area contributed by atoms with Gasteiger partial charge >= 0.3 is 0 Å². The number of hydrogen-bond donors (Lipinski definition) is 3.